The second kappa shape index (κ2) is 8.16. The first-order chi connectivity index (χ1) is 13.7. The van der Waals surface area contributed by atoms with Crippen LogP contribution in [0.5, 0.6) is 0 Å². The number of hydrogen-bond donors (Lipinski definition) is 2. The number of anilines is 1. The molecule has 29 heavy (non-hydrogen) atoms. The first-order valence-electron chi connectivity index (χ1n) is 9.27. The lowest BCUT2D eigenvalue weighted by atomic mass is 10.1. The summed E-state index contributed by atoms with van der Waals surface area (Å²) >= 11 is 1.46. The molecule has 7 nitrogen and oxygen atoms in total. The Morgan fingerprint density at radius 1 is 1.07 bits per heavy atom. The molecule has 2 aromatic heterocycles. The SMILES string of the molecule is Cc1cc(C)c(NC(=O)CNC(=O)Cn2cnc3sc(C)c(C)c3c2=O)c(C)c1. The number of thiophene rings is 1. The number of aromatic nitrogens is 2. The Bertz CT molecular complexity index is 1150. The van der Waals surface area contributed by atoms with Gasteiger partial charge in [0.2, 0.25) is 11.8 Å². The highest BCUT2D eigenvalue weighted by atomic mass is 32.1. The van der Waals surface area contributed by atoms with Gasteiger partial charge in [-0.05, 0) is 51.3 Å². The maximum absolute atomic E-state index is 12.7. The van der Waals surface area contributed by atoms with Crippen LogP contribution in [-0.2, 0) is 16.1 Å². The number of amides is 2. The van der Waals surface area contributed by atoms with Gasteiger partial charge in [-0.15, -0.1) is 11.3 Å². The van der Waals surface area contributed by atoms with Gasteiger partial charge in [-0.3, -0.25) is 19.0 Å². The minimum absolute atomic E-state index is 0.174. The number of aryl methyl sites for hydroxylation is 5. The van der Waals surface area contributed by atoms with Crippen molar-refractivity contribution in [3.63, 3.8) is 0 Å². The average molecular weight is 413 g/mol. The molecule has 0 atom stereocenters. The van der Waals surface area contributed by atoms with Crippen molar-refractivity contribution in [2.45, 2.75) is 41.2 Å². The number of carbonyl (C=O) groups excluding carboxylic acids is 2. The van der Waals surface area contributed by atoms with Gasteiger partial charge >= 0.3 is 0 Å². The molecule has 2 N–H and O–H groups in total. The lowest BCUT2D eigenvalue weighted by Gasteiger charge is -2.13. The van der Waals surface area contributed by atoms with Crippen LogP contribution in [0.15, 0.2) is 23.3 Å². The van der Waals surface area contributed by atoms with Gasteiger partial charge in [-0.1, -0.05) is 17.7 Å². The molecule has 3 aromatic rings. The number of hydrogen-bond acceptors (Lipinski definition) is 5. The Balaban J connectivity index is 1.64. The molecule has 0 unspecified atom stereocenters. The Labute approximate surface area is 172 Å². The Hall–Kier alpha value is -3.00. The van der Waals surface area contributed by atoms with Crippen LogP contribution >= 0.6 is 11.3 Å². The monoisotopic (exact) mass is 412 g/mol. The number of nitrogens with one attached hydrogen (secondary N) is 2. The molecule has 0 aliphatic carbocycles. The van der Waals surface area contributed by atoms with Crippen LogP contribution in [0.3, 0.4) is 0 Å². The Morgan fingerprint density at radius 3 is 2.38 bits per heavy atom. The third-order valence-electron chi connectivity index (χ3n) is 4.86. The van der Waals surface area contributed by atoms with Gasteiger partial charge in [0.25, 0.3) is 5.56 Å². The van der Waals surface area contributed by atoms with Gasteiger partial charge < -0.3 is 10.6 Å². The second-order valence-electron chi connectivity index (χ2n) is 7.24. The topological polar surface area (TPSA) is 93.1 Å². The summed E-state index contributed by atoms with van der Waals surface area (Å²) in [5.41, 5.74) is 4.45. The molecule has 1 aromatic carbocycles. The van der Waals surface area contributed by atoms with Crippen LogP contribution < -0.4 is 16.2 Å². The summed E-state index contributed by atoms with van der Waals surface area (Å²) in [5.74, 6) is -0.746. The predicted molar refractivity (Wildman–Crippen MR) is 116 cm³/mol. The van der Waals surface area contributed by atoms with Crippen LogP contribution in [0.25, 0.3) is 10.2 Å². The van der Waals surface area contributed by atoms with E-state index in [-0.39, 0.29) is 24.6 Å². The zero-order chi connectivity index (χ0) is 21.3. The molecule has 8 heteroatoms. The minimum atomic E-state index is -0.426. The van der Waals surface area contributed by atoms with E-state index in [1.165, 1.54) is 22.2 Å². The molecule has 2 heterocycles. The molecular formula is C21H24N4O3S. The van der Waals surface area contributed by atoms with E-state index < -0.39 is 5.91 Å². The molecule has 0 radical (unpaired) electrons. The third kappa shape index (κ3) is 4.37. The Kier molecular flexibility index (Phi) is 5.83. The summed E-state index contributed by atoms with van der Waals surface area (Å²) < 4.78 is 1.27. The standard InChI is InChI=1S/C21H24N4O3S/c1-11-6-12(2)19(13(3)7-11)24-16(26)8-22-17(27)9-25-10-23-20-18(21(25)28)14(4)15(5)29-20/h6-7,10H,8-9H2,1-5H3,(H,22,27)(H,24,26). The summed E-state index contributed by atoms with van der Waals surface area (Å²) in [6.45, 7) is 9.31. The molecule has 0 saturated carbocycles. The lowest BCUT2D eigenvalue weighted by molar-refractivity contribution is -0.124. The molecule has 0 saturated heterocycles. The maximum atomic E-state index is 12.7. The van der Waals surface area contributed by atoms with E-state index in [0.717, 1.165) is 32.8 Å². The summed E-state index contributed by atoms with van der Waals surface area (Å²) in [5, 5.41) is 5.95. The fourth-order valence-electron chi connectivity index (χ4n) is 3.33. The van der Waals surface area contributed by atoms with Crippen molar-refractivity contribution in [1.82, 2.24) is 14.9 Å². The number of fused-ring (bicyclic) bond motifs is 1. The lowest BCUT2D eigenvalue weighted by Crippen LogP contribution is -2.37. The molecule has 0 fully saturated rings. The van der Waals surface area contributed by atoms with Crippen molar-refractivity contribution >= 4 is 39.1 Å². The molecule has 2 amide bonds. The first kappa shape index (κ1) is 20.7. The Morgan fingerprint density at radius 2 is 1.72 bits per heavy atom. The quantitative estimate of drug-likeness (QED) is 0.674. The van der Waals surface area contributed by atoms with Crippen molar-refractivity contribution in [2.24, 2.45) is 0 Å². The normalized spacial score (nSPS) is 10.9. The van der Waals surface area contributed by atoms with Crippen molar-refractivity contribution < 1.29 is 9.59 Å². The average Bonchev–Trinajstić information content (AvgIpc) is 2.93. The fourth-order valence-corrected chi connectivity index (χ4v) is 4.32. The fraction of sp³-hybridized carbons (Fsp3) is 0.333. The van der Waals surface area contributed by atoms with E-state index in [1.54, 1.807) is 0 Å². The van der Waals surface area contributed by atoms with Crippen molar-refractivity contribution in [3.05, 3.63) is 55.9 Å². The predicted octanol–water partition coefficient (Wildman–Crippen LogP) is 2.76. The van der Waals surface area contributed by atoms with E-state index in [0.29, 0.717) is 10.2 Å². The highest BCUT2D eigenvalue weighted by Crippen LogP contribution is 2.25. The maximum Gasteiger partial charge on any atom is 0.262 e. The molecule has 3 rings (SSSR count). The van der Waals surface area contributed by atoms with E-state index in [9.17, 15) is 14.4 Å². The number of carbonyl (C=O) groups is 2. The molecule has 0 spiro atoms. The largest absolute Gasteiger partial charge is 0.345 e. The highest BCUT2D eigenvalue weighted by molar-refractivity contribution is 7.18. The van der Waals surface area contributed by atoms with Crippen LogP contribution in [0.2, 0.25) is 0 Å². The van der Waals surface area contributed by atoms with Crippen LogP contribution in [0.4, 0.5) is 5.69 Å². The molecule has 0 aliphatic rings. The highest BCUT2D eigenvalue weighted by Gasteiger charge is 2.14. The van der Waals surface area contributed by atoms with Crippen molar-refractivity contribution in [3.8, 4) is 0 Å². The summed E-state index contributed by atoms with van der Waals surface area (Å²) in [7, 11) is 0. The van der Waals surface area contributed by atoms with Gasteiger partial charge in [0.15, 0.2) is 0 Å². The summed E-state index contributed by atoms with van der Waals surface area (Å²) in [4.78, 5) is 43.1. The molecule has 152 valence electrons. The summed E-state index contributed by atoms with van der Waals surface area (Å²) in [6.07, 6.45) is 1.37. The first-order valence-corrected chi connectivity index (χ1v) is 10.1. The second-order valence-corrected chi connectivity index (χ2v) is 8.44. The van der Waals surface area contributed by atoms with Gasteiger partial charge in [-0.2, -0.15) is 0 Å². The van der Waals surface area contributed by atoms with Crippen LogP contribution in [0, 0.1) is 34.6 Å². The molecular weight excluding hydrogens is 388 g/mol. The molecule has 0 aliphatic heterocycles. The van der Waals surface area contributed by atoms with Crippen molar-refractivity contribution in [1.29, 1.82) is 0 Å². The smallest absolute Gasteiger partial charge is 0.262 e. The summed E-state index contributed by atoms with van der Waals surface area (Å²) in [6, 6.07) is 3.98. The van der Waals surface area contributed by atoms with E-state index >= 15 is 0 Å². The van der Waals surface area contributed by atoms with Crippen LogP contribution in [-0.4, -0.2) is 27.9 Å². The van der Waals surface area contributed by atoms with E-state index in [4.69, 9.17) is 0 Å². The van der Waals surface area contributed by atoms with Crippen molar-refractivity contribution in [2.75, 3.05) is 11.9 Å². The van der Waals surface area contributed by atoms with Gasteiger partial charge in [0, 0.05) is 10.6 Å². The van der Waals surface area contributed by atoms with E-state index in [1.807, 2.05) is 46.8 Å². The van der Waals surface area contributed by atoms with Crippen LogP contribution in [0.1, 0.15) is 27.1 Å². The number of nitrogens with zero attached hydrogens (tertiary/aromatic N) is 2. The van der Waals surface area contributed by atoms with Gasteiger partial charge in [0.05, 0.1) is 18.3 Å². The number of benzene rings is 1. The third-order valence-corrected chi connectivity index (χ3v) is 5.97. The van der Waals surface area contributed by atoms with Gasteiger partial charge in [0.1, 0.15) is 11.4 Å². The number of rotatable bonds is 5. The zero-order valence-electron chi connectivity index (χ0n) is 17.2. The van der Waals surface area contributed by atoms with E-state index in [2.05, 4.69) is 15.6 Å². The minimum Gasteiger partial charge on any atom is -0.345 e. The van der Waals surface area contributed by atoms with Gasteiger partial charge in [-0.25, -0.2) is 4.98 Å². The zero-order valence-corrected chi connectivity index (χ0v) is 18.0. The molecule has 0 bridgehead atoms.